The number of pyridine rings is 1. The minimum absolute atomic E-state index is 0.0153. The molecular formula is C20H22F3N5. The highest BCUT2D eigenvalue weighted by atomic mass is 19.4. The third-order valence-corrected chi connectivity index (χ3v) is 5.19. The van der Waals surface area contributed by atoms with Gasteiger partial charge in [0.15, 0.2) is 5.65 Å². The predicted octanol–water partition coefficient (Wildman–Crippen LogP) is 4.60. The van der Waals surface area contributed by atoms with Crippen molar-refractivity contribution in [3.05, 3.63) is 59.3 Å². The first-order valence-electron chi connectivity index (χ1n) is 9.43. The lowest BCUT2D eigenvalue weighted by Gasteiger charge is -2.22. The Kier molecular flexibility index (Phi) is 4.82. The number of fused-ring (bicyclic) bond motifs is 1. The van der Waals surface area contributed by atoms with Crippen molar-refractivity contribution >= 4 is 5.65 Å². The van der Waals surface area contributed by atoms with Gasteiger partial charge in [0.25, 0.3) is 0 Å². The second kappa shape index (κ2) is 7.16. The molecule has 1 saturated heterocycles. The van der Waals surface area contributed by atoms with E-state index in [0.29, 0.717) is 11.4 Å². The number of hydrogen-bond acceptors (Lipinski definition) is 4. The molecule has 1 fully saturated rings. The molecule has 148 valence electrons. The van der Waals surface area contributed by atoms with Crippen LogP contribution in [0.3, 0.4) is 0 Å². The van der Waals surface area contributed by atoms with E-state index in [1.807, 2.05) is 26.0 Å². The fourth-order valence-corrected chi connectivity index (χ4v) is 3.75. The van der Waals surface area contributed by atoms with E-state index in [1.54, 1.807) is 18.5 Å². The van der Waals surface area contributed by atoms with Gasteiger partial charge in [-0.05, 0) is 49.1 Å². The fourth-order valence-electron chi connectivity index (χ4n) is 3.75. The lowest BCUT2D eigenvalue weighted by molar-refractivity contribution is -0.142. The van der Waals surface area contributed by atoms with Gasteiger partial charge in [0, 0.05) is 30.7 Å². The molecule has 0 aromatic carbocycles. The van der Waals surface area contributed by atoms with Crippen molar-refractivity contribution < 1.29 is 13.2 Å². The zero-order valence-corrected chi connectivity index (χ0v) is 15.8. The Morgan fingerprint density at radius 2 is 1.93 bits per heavy atom. The van der Waals surface area contributed by atoms with Crippen LogP contribution in [0.25, 0.3) is 5.65 Å². The zero-order valence-electron chi connectivity index (χ0n) is 15.8. The molecule has 0 saturated carbocycles. The summed E-state index contributed by atoms with van der Waals surface area (Å²) >= 11 is 0. The van der Waals surface area contributed by atoms with Gasteiger partial charge in [-0.15, -0.1) is 0 Å². The molecule has 3 aromatic rings. The summed E-state index contributed by atoms with van der Waals surface area (Å²) in [6.07, 6.45) is 0.866. The van der Waals surface area contributed by atoms with Crippen molar-refractivity contribution in [2.24, 2.45) is 0 Å². The summed E-state index contributed by atoms with van der Waals surface area (Å²) in [4.78, 5) is 10.7. The van der Waals surface area contributed by atoms with E-state index in [1.165, 1.54) is 0 Å². The zero-order chi connectivity index (χ0) is 19.9. The molecule has 0 N–H and O–H groups in total. The lowest BCUT2D eigenvalue weighted by atomic mass is 10.1. The molecule has 0 spiro atoms. The van der Waals surface area contributed by atoms with E-state index in [9.17, 15) is 13.2 Å². The van der Waals surface area contributed by atoms with Crippen LogP contribution >= 0.6 is 0 Å². The van der Waals surface area contributed by atoms with Crippen LogP contribution < -0.4 is 0 Å². The van der Waals surface area contributed by atoms with Crippen LogP contribution in [0.1, 0.15) is 61.3 Å². The molecule has 3 aromatic heterocycles. The summed E-state index contributed by atoms with van der Waals surface area (Å²) < 4.78 is 41.8. The standard InChI is InChI=1S/C20H22F3N5/c1-13(2)15-10-18(20(21,22)23)28-19(25-15)11-16(26-28)17-4-3-9-27(17)12-14-5-7-24-8-6-14/h5-8,10-11,13,17H,3-4,9,12H2,1-2H3/t17-/m1/s1. The number of halogens is 3. The van der Waals surface area contributed by atoms with Crippen LogP contribution in [0.15, 0.2) is 36.7 Å². The third-order valence-electron chi connectivity index (χ3n) is 5.19. The van der Waals surface area contributed by atoms with Crippen molar-refractivity contribution in [1.29, 1.82) is 0 Å². The van der Waals surface area contributed by atoms with Gasteiger partial charge in [-0.1, -0.05) is 13.8 Å². The Morgan fingerprint density at radius 1 is 1.18 bits per heavy atom. The molecule has 0 radical (unpaired) electrons. The van der Waals surface area contributed by atoms with Crippen LogP contribution in [0.2, 0.25) is 0 Å². The van der Waals surface area contributed by atoms with E-state index < -0.39 is 11.9 Å². The van der Waals surface area contributed by atoms with E-state index in [-0.39, 0.29) is 17.6 Å². The van der Waals surface area contributed by atoms with E-state index in [2.05, 4.69) is 20.0 Å². The Balaban J connectivity index is 1.72. The second-order valence-corrected chi connectivity index (χ2v) is 7.54. The normalized spacial score (nSPS) is 18.4. The van der Waals surface area contributed by atoms with E-state index in [4.69, 9.17) is 0 Å². The Labute approximate surface area is 161 Å². The molecule has 0 bridgehead atoms. The topological polar surface area (TPSA) is 46.3 Å². The second-order valence-electron chi connectivity index (χ2n) is 7.54. The van der Waals surface area contributed by atoms with Crippen LogP contribution in [-0.4, -0.2) is 31.0 Å². The maximum Gasteiger partial charge on any atom is 0.433 e. The quantitative estimate of drug-likeness (QED) is 0.654. The highest BCUT2D eigenvalue weighted by molar-refractivity contribution is 5.44. The maximum absolute atomic E-state index is 13.6. The first kappa shape index (κ1) is 18.9. The Bertz CT molecular complexity index is 965. The summed E-state index contributed by atoms with van der Waals surface area (Å²) in [7, 11) is 0. The summed E-state index contributed by atoms with van der Waals surface area (Å²) in [6, 6.07) is 6.71. The van der Waals surface area contributed by atoms with Gasteiger partial charge in [-0.3, -0.25) is 9.88 Å². The average Bonchev–Trinajstić information content (AvgIpc) is 3.26. The van der Waals surface area contributed by atoms with Gasteiger partial charge in [0.2, 0.25) is 0 Å². The van der Waals surface area contributed by atoms with Crippen molar-refractivity contribution in [1.82, 2.24) is 24.5 Å². The van der Waals surface area contributed by atoms with Crippen molar-refractivity contribution in [3.63, 3.8) is 0 Å². The minimum Gasteiger partial charge on any atom is -0.290 e. The molecule has 1 atom stereocenters. The van der Waals surface area contributed by atoms with Gasteiger partial charge in [0.1, 0.15) is 5.69 Å². The van der Waals surface area contributed by atoms with E-state index >= 15 is 0 Å². The molecule has 0 unspecified atom stereocenters. The highest BCUT2D eigenvalue weighted by Crippen LogP contribution is 2.35. The Morgan fingerprint density at radius 3 is 2.61 bits per heavy atom. The fraction of sp³-hybridized carbons (Fsp3) is 0.450. The number of likely N-dealkylation sites (tertiary alicyclic amines) is 1. The predicted molar refractivity (Wildman–Crippen MR) is 98.7 cm³/mol. The molecule has 4 heterocycles. The summed E-state index contributed by atoms with van der Waals surface area (Å²) in [5.41, 5.74) is 1.68. The average molecular weight is 389 g/mol. The van der Waals surface area contributed by atoms with Gasteiger partial charge in [0.05, 0.1) is 11.7 Å². The number of alkyl halides is 3. The monoisotopic (exact) mass is 389 g/mol. The molecule has 1 aliphatic rings. The van der Waals surface area contributed by atoms with Crippen molar-refractivity contribution in [2.75, 3.05) is 6.54 Å². The molecule has 1 aliphatic heterocycles. The van der Waals surface area contributed by atoms with Crippen LogP contribution in [0.4, 0.5) is 13.2 Å². The number of rotatable bonds is 4. The van der Waals surface area contributed by atoms with Crippen LogP contribution in [0, 0.1) is 0 Å². The largest absolute Gasteiger partial charge is 0.433 e. The lowest BCUT2D eigenvalue weighted by Crippen LogP contribution is -2.23. The minimum atomic E-state index is -4.49. The SMILES string of the molecule is CC(C)c1cc(C(F)(F)F)n2nc([C@H]3CCCN3Cc3ccncc3)cc2n1. The van der Waals surface area contributed by atoms with Gasteiger partial charge in [-0.25, -0.2) is 9.50 Å². The molecular weight excluding hydrogens is 367 g/mol. The first-order valence-corrected chi connectivity index (χ1v) is 9.43. The molecule has 4 rings (SSSR count). The molecule has 28 heavy (non-hydrogen) atoms. The van der Waals surface area contributed by atoms with E-state index in [0.717, 1.165) is 42.1 Å². The van der Waals surface area contributed by atoms with Crippen molar-refractivity contribution in [3.8, 4) is 0 Å². The smallest absolute Gasteiger partial charge is 0.290 e. The highest BCUT2D eigenvalue weighted by Gasteiger charge is 2.36. The van der Waals surface area contributed by atoms with Crippen LogP contribution in [-0.2, 0) is 12.7 Å². The number of nitrogens with zero attached hydrogens (tertiary/aromatic N) is 5. The summed E-state index contributed by atoms with van der Waals surface area (Å²) in [5, 5.41) is 4.33. The van der Waals surface area contributed by atoms with Gasteiger partial charge in [-0.2, -0.15) is 18.3 Å². The van der Waals surface area contributed by atoms with Gasteiger partial charge >= 0.3 is 6.18 Å². The molecule has 8 heteroatoms. The molecule has 0 amide bonds. The molecule has 5 nitrogen and oxygen atoms in total. The first-order chi connectivity index (χ1) is 13.3. The third kappa shape index (κ3) is 3.61. The van der Waals surface area contributed by atoms with Gasteiger partial charge < -0.3 is 0 Å². The number of hydrogen-bond donors (Lipinski definition) is 0. The van der Waals surface area contributed by atoms with Crippen molar-refractivity contribution in [2.45, 2.75) is 51.4 Å². The summed E-state index contributed by atoms with van der Waals surface area (Å²) in [6.45, 7) is 5.28. The Hall–Kier alpha value is -2.48. The molecule has 0 aliphatic carbocycles. The summed E-state index contributed by atoms with van der Waals surface area (Å²) in [5.74, 6) is -0.0980. The van der Waals surface area contributed by atoms with Crippen LogP contribution in [0.5, 0.6) is 0 Å². The maximum atomic E-state index is 13.6. The number of aromatic nitrogens is 4.